The maximum atomic E-state index is 13.9. The molecule has 3 heterocycles. The second kappa shape index (κ2) is 8.94. The van der Waals surface area contributed by atoms with E-state index in [1.54, 1.807) is 29.9 Å². The van der Waals surface area contributed by atoms with E-state index in [2.05, 4.69) is 20.3 Å². The minimum absolute atomic E-state index is 0.0429. The summed E-state index contributed by atoms with van der Waals surface area (Å²) in [5.74, 6) is -1.37. The van der Waals surface area contributed by atoms with Crippen molar-refractivity contribution in [3.8, 4) is 0 Å². The summed E-state index contributed by atoms with van der Waals surface area (Å²) in [6.45, 7) is 5.16. The third kappa shape index (κ3) is 4.02. The van der Waals surface area contributed by atoms with Crippen LogP contribution in [0.15, 0.2) is 30.5 Å². The molecule has 1 aromatic carbocycles. The van der Waals surface area contributed by atoms with E-state index in [-0.39, 0.29) is 18.2 Å². The fourth-order valence-corrected chi connectivity index (χ4v) is 4.24. The average Bonchev–Trinajstić information content (AvgIpc) is 3.07. The van der Waals surface area contributed by atoms with Gasteiger partial charge < -0.3 is 15.0 Å². The number of halogens is 1. The van der Waals surface area contributed by atoms with E-state index in [1.165, 1.54) is 12.1 Å². The molecule has 9 heteroatoms. The molecule has 0 bridgehead atoms. The first kappa shape index (κ1) is 21.7. The average molecular weight is 439 g/mol. The van der Waals surface area contributed by atoms with Crippen LogP contribution in [-0.4, -0.2) is 52.4 Å². The molecule has 0 saturated carbocycles. The van der Waals surface area contributed by atoms with Gasteiger partial charge in [0, 0.05) is 32.4 Å². The fourth-order valence-electron chi connectivity index (χ4n) is 4.24. The van der Waals surface area contributed by atoms with Crippen molar-refractivity contribution in [3.63, 3.8) is 0 Å². The molecule has 0 unspecified atom stereocenters. The zero-order chi connectivity index (χ0) is 22.8. The van der Waals surface area contributed by atoms with Crippen molar-refractivity contribution in [1.82, 2.24) is 20.1 Å². The lowest BCUT2D eigenvalue weighted by molar-refractivity contribution is 0.0526. The highest BCUT2D eigenvalue weighted by Gasteiger charge is 2.29. The van der Waals surface area contributed by atoms with Gasteiger partial charge in [0.25, 0.3) is 5.91 Å². The molecule has 0 atom stereocenters. The first-order valence-electron chi connectivity index (χ1n) is 10.7. The molecule has 8 nitrogen and oxygen atoms in total. The van der Waals surface area contributed by atoms with E-state index >= 15 is 0 Å². The predicted octanol–water partition coefficient (Wildman–Crippen LogP) is 2.99. The van der Waals surface area contributed by atoms with Gasteiger partial charge in [-0.15, -0.1) is 0 Å². The number of aryl methyl sites for hydroxylation is 2. The van der Waals surface area contributed by atoms with Gasteiger partial charge in [-0.3, -0.25) is 9.48 Å². The van der Waals surface area contributed by atoms with Gasteiger partial charge in [-0.25, -0.2) is 14.2 Å². The van der Waals surface area contributed by atoms with Gasteiger partial charge in [0.15, 0.2) is 5.65 Å². The zero-order valence-corrected chi connectivity index (χ0v) is 18.4. The number of aromatic nitrogens is 3. The maximum absolute atomic E-state index is 13.9. The monoisotopic (exact) mass is 439 g/mol. The highest BCUT2D eigenvalue weighted by molar-refractivity contribution is 6.05. The molecule has 1 N–H and O–H groups in total. The number of hydrogen-bond acceptors (Lipinski definition) is 6. The molecule has 168 valence electrons. The minimum atomic E-state index is -0.534. The van der Waals surface area contributed by atoms with Crippen LogP contribution in [0.5, 0.6) is 0 Å². The number of fused-ring (bicyclic) bond motifs is 1. The molecule has 1 saturated heterocycles. The third-order valence-corrected chi connectivity index (χ3v) is 5.76. The molecule has 0 radical (unpaired) electrons. The number of ether oxygens (including phenoxy) is 1. The lowest BCUT2D eigenvalue weighted by atomic mass is 10.0. The topological polar surface area (TPSA) is 89.3 Å². The van der Waals surface area contributed by atoms with Crippen LogP contribution in [-0.2, 0) is 11.8 Å². The van der Waals surface area contributed by atoms with E-state index < -0.39 is 17.7 Å². The second-order valence-electron chi connectivity index (χ2n) is 7.86. The number of anilines is 1. The number of piperidine rings is 1. The van der Waals surface area contributed by atoms with Gasteiger partial charge in [0.05, 0.1) is 28.9 Å². The maximum Gasteiger partial charge on any atom is 0.341 e. The van der Waals surface area contributed by atoms with E-state index in [0.29, 0.717) is 37.1 Å². The van der Waals surface area contributed by atoms with Crippen LogP contribution < -0.4 is 10.2 Å². The number of carbonyl (C=O) groups excluding carboxylic acids is 2. The van der Waals surface area contributed by atoms with Crippen molar-refractivity contribution < 1.29 is 18.7 Å². The number of nitrogens with zero attached hydrogens (tertiary/aromatic N) is 4. The van der Waals surface area contributed by atoms with E-state index in [4.69, 9.17) is 4.74 Å². The summed E-state index contributed by atoms with van der Waals surface area (Å²) >= 11 is 0. The van der Waals surface area contributed by atoms with Crippen LogP contribution in [0.4, 0.5) is 10.1 Å². The molecule has 2 aromatic heterocycles. The highest BCUT2D eigenvalue weighted by Crippen LogP contribution is 2.34. The summed E-state index contributed by atoms with van der Waals surface area (Å²) in [5.41, 5.74) is 2.69. The first-order valence-corrected chi connectivity index (χ1v) is 10.7. The number of benzene rings is 1. The van der Waals surface area contributed by atoms with Crippen molar-refractivity contribution in [2.75, 3.05) is 24.6 Å². The van der Waals surface area contributed by atoms with Gasteiger partial charge in [0.1, 0.15) is 11.4 Å². The van der Waals surface area contributed by atoms with Gasteiger partial charge >= 0.3 is 5.97 Å². The molecule has 32 heavy (non-hydrogen) atoms. The van der Waals surface area contributed by atoms with Crippen molar-refractivity contribution >= 4 is 28.6 Å². The number of rotatable bonds is 5. The van der Waals surface area contributed by atoms with E-state index in [1.807, 2.05) is 14.0 Å². The lowest BCUT2D eigenvalue weighted by Crippen LogP contribution is -2.45. The molecular weight excluding hydrogens is 413 g/mol. The molecule has 1 amide bonds. The SMILES string of the molecule is CCOC(=O)c1cnc2c(c(C)nn2C)c1N1CCC(NC(=O)c2ccccc2F)CC1. The van der Waals surface area contributed by atoms with Crippen LogP contribution in [0.3, 0.4) is 0 Å². The highest BCUT2D eigenvalue weighted by atomic mass is 19.1. The van der Waals surface area contributed by atoms with Gasteiger partial charge in [0.2, 0.25) is 0 Å². The van der Waals surface area contributed by atoms with Gasteiger partial charge in [-0.05, 0) is 38.8 Å². The van der Waals surface area contributed by atoms with E-state index in [0.717, 1.165) is 16.8 Å². The molecular formula is C23H26FN5O3. The quantitative estimate of drug-likeness (QED) is 0.615. The largest absolute Gasteiger partial charge is 0.462 e. The number of carbonyl (C=O) groups is 2. The van der Waals surface area contributed by atoms with Crippen LogP contribution in [0.1, 0.15) is 46.2 Å². The summed E-state index contributed by atoms with van der Waals surface area (Å²) in [5, 5.41) is 8.23. The third-order valence-electron chi connectivity index (χ3n) is 5.76. The summed E-state index contributed by atoms with van der Waals surface area (Å²) in [4.78, 5) is 31.7. The number of esters is 1. The van der Waals surface area contributed by atoms with E-state index in [9.17, 15) is 14.0 Å². The number of pyridine rings is 1. The van der Waals surface area contributed by atoms with Crippen LogP contribution in [0.2, 0.25) is 0 Å². The first-order chi connectivity index (χ1) is 15.4. The Morgan fingerprint density at radius 1 is 1.22 bits per heavy atom. The number of amides is 1. The second-order valence-corrected chi connectivity index (χ2v) is 7.86. The van der Waals surface area contributed by atoms with Crippen molar-refractivity contribution in [1.29, 1.82) is 0 Å². The summed E-state index contributed by atoms with van der Waals surface area (Å²) in [6.07, 6.45) is 2.86. The van der Waals surface area contributed by atoms with Crippen molar-refractivity contribution in [2.24, 2.45) is 7.05 Å². The predicted molar refractivity (Wildman–Crippen MR) is 118 cm³/mol. The van der Waals surface area contributed by atoms with Crippen LogP contribution in [0.25, 0.3) is 11.0 Å². The van der Waals surface area contributed by atoms with Gasteiger partial charge in [-0.2, -0.15) is 5.10 Å². The molecule has 3 aromatic rings. The number of nitrogens with one attached hydrogen (secondary N) is 1. The zero-order valence-electron chi connectivity index (χ0n) is 18.4. The van der Waals surface area contributed by atoms with Crippen molar-refractivity contribution in [3.05, 3.63) is 53.1 Å². The normalized spacial score (nSPS) is 14.6. The Bertz CT molecular complexity index is 1170. The molecule has 0 aliphatic carbocycles. The molecule has 1 fully saturated rings. The summed E-state index contributed by atoms with van der Waals surface area (Å²) in [6, 6.07) is 5.87. The van der Waals surface area contributed by atoms with Crippen molar-refractivity contribution in [2.45, 2.75) is 32.7 Å². The fraction of sp³-hybridized carbons (Fsp3) is 0.391. The Balaban J connectivity index is 1.57. The molecule has 0 spiro atoms. The molecule has 1 aliphatic rings. The summed E-state index contributed by atoms with van der Waals surface area (Å²) in [7, 11) is 1.82. The Labute approximate surface area is 185 Å². The van der Waals surface area contributed by atoms with Crippen LogP contribution >= 0.6 is 0 Å². The Morgan fingerprint density at radius 2 is 1.94 bits per heavy atom. The lowest BCUT2D eigenvalue weighted by Gasteiger charge is -2.35. The Kier molecular flexibility index (Phi) is 6.07. The summed E-state index contributed by atoms with van der Waals surface area (Å²) < 4.78 is 20.9. The molecule has 1 aliphatic heterocycles. The number of hydrogen-bond donors (Lipinski definition) is 1. The standard InChI is InChI=1S/C23H26FN5O3/c1-4-32-23(31)17-13-25-21-19(14(2)27-28(21)3)20(17)29-11-9-15(10-12-29)26-22(30)16-7-5-6-8-18(16)24/h5-8,13,15H,4,9-12H2,1-3H3,(H,26,30). The molecule has 4 rings (SSSR count). The Hall–Kier alpha value is -3.49. The van der Waals surface area contributed by atoms with Gasteiger partial charge in [-0.1, -0.05) is 12.1 Å². The Morgan fingerprint density at radius 3 is 2.62 bits per heavy atom. The minimum Gasteiger partial charge on any atom is -0.462 e. The van der Waals surface area contributed by atoms with Crippen LogP contribution in [0, 0.1) is 12.7 Å². The smallest absolute Gasteiger partial charge is 0.341 e.